The van der Waals surface area contributed by atoms with E-state index in [-0.39, 0.29) is 0 Å². The largest absolute Gasteiger partial charge is 0.459 e. The molecule has 3 rings (SSSR count). The first-order chi connectivity index (χ1) is 10.3. The molecule has 2 aromatic rings. The van der Waals surface area contributed by atoms with Crippen LogP contribution in [0.5, 0.6) is 0 Å². The molecular weight excluding hydrogens is 260 g/mol. The van der Waals surface area contributed by atoms with Crippen molar-refractivity contribution < 1.29 is 4.42 Å². The van der Waals surface area contributed by atoms with E-state index in [9.17, 15) is 0 Å². The van der Waals surface area contributed by atoms with Crippen LogP contribution in [0.3, 0.4) is 0 Å². The Bertz CT molecular complexity index is 584. The summed E-state index contributed by atoms with van der Waals surface area (Å²) in [4.78, 5) is 2.46. The molecular formula is C18H26N2O. The average Bonchev–Trinajstić information content (AvgIpc) is 3.08. The summed E-state index contributed by atoms with van der Waals surface area (Å²) in [5.74, 6) is 1.97. The summed E-state index contributed by atoms with van der Waals surface area (Å²) in [6.45, 7) is 2.98. The number of fused-ring (bicyclic) bond motifs is 1. The molecule has 1 heterocycles. The van der Waals surface area contributed by atoms with E-state index in [4.69, 9.17) is 4.42 Å². The van der Waals surface area contributed by atoms with Crippen LogP contribution in [0.4, 0.5) is 0 Å². The fraction of sp³-hybridized carbons (Fsp3) is 0.556. The van der Waals surface area contributed by atoms with Crippen LogP contribution in [0.2, 0.25) is 0 Å². The second-order valence-electron chi connectivity index (χ2n) is 6.38. The lowest BCUT2D eigenvalue weighted by Crippen LogP contribution is -2.24. The Morgan fingerprint density at radius 3 is 2.76 bits per heavy atom. The molecule has 1 aliphatic carbocycles. The van der Waals surface area contributed by atoms with Crippen molar-refractivity contribution in [2.45, 2.75) is 38.8 Å². The predicted octanol–water partition coefficient (Wildman–Crippen LogP) is 3.77. The average molecular weight is 286 g/mol. The molecule has 21 heavy (non-hydrogen) atoms. The van der Waals surface area contributed by atoms with Crippen LogP contribution in [0.15, 0.2) is 28.7 Å². The Morgan fingerprint density at radius 2 is 2.00 bits per heavy atom. The fourth-order valence-electron chi connectivity index (χ4n) is 3.59. The first-order valence-corrected chi connectivity index (χ1v) is 8.10. The first kappa shape index (κ1) is 14.6. The van der Waals surface area contributed by atoms with Gasteiger partial charge in [0, 0.05) is 24.0 Å². The van der Waals surface area contributed by atoms with E-state index in [1.54, 1.807) is 0 Å². The molecule has 1 aromatic heterocycles. The Balaban J connectivity index is 1.78. The lowest BCUT2D eigenvalue weighted by atomic mass is 10.1. The monoisotopic (exact) mass is 286 g/mol. The van der Waals surface area contributed by atoms with E-state index >= 15 is 0 Å². The van der Waals surface area contributed by atoms with Gasteiger partial charge in [-0.05, 0) is 38.9 Å². The molecule has 0 saturated heterocycles. The molecule has 3 heteroatoms. The minimum Gasteiger partial charge on any atom is -0.459 e. The molecule has 1 aromatic carbocycles. The molecule has 1 aliphatic rings. The normalized spacial score (nSPS) is 16.3. The summed E-state index contributed by atoms with van der Waals surface area (Å²) < 4.78 is 6.02. The van der Waals surface area contributed by atoms with Gasteiger partial charge < -0.3 is 14.6 Å². The van der Waals surface area contributed by atoms with Gasteiger partial charge in [-0.3, -0.25) is 0 Å². The van der Waals surface area contributed by atoms with Crippen LogP contribution in [0.1, 0.15) is 37.0 Å². The van der Waals surface area contributed by atoms with Gasteiger partial charge in [-0.2, -0.15) is 0 Å². The predicted molar refractivity (Wildman–Crippen MR) is 87.3 cm³/mol. The highest BCUT2D eigenvalue weighted by atomic mass is 16.3. The smallest absolute Gasteiger partial charge is 0.134 e. The van der Waals surface area contributed by atoms with E-state index in [1.807, 2.05) is 13.1 Å². The molecule has 0 radical (unpaired) electrons. The van der Waals surface area contributed by atoms with Crippen LogP contribution >= 0.6 is 0 Å². The zero-order chi connectivity index (χ0) is 14.7. The molecule has 1 fully saturated rings. The molecule has 0 spiro atoms. The van der Waals surface area contributed by atoms with Crippen LogP contribution in [-0.4, -0.2) is 25.5 Å². The maximum absolute atomic E-state index is 6.02. The van der Waals surface area contributed by atoms with Gasteiger partial charge in [0.15, 0.2) is 0 Å². The highest BCUT2D eigenvalue weighted by Gasteiger charge is 2.19. The minimum absolute atomic E-state index is 0.793. The molecule has 0 atom stereocenters. The number of nitrogens with one attached hydrogen (secondary N) is 1. The summed E-state index contributed by atoms with van der Waals surface area (Å²) in [5.41, 5.74) is 2.35. The maximum Gasteiger partial charge on any atom is 0.134 e. The maximum atomic E-state index is 6.02. The van der Waals surface area contributed by atoms with Crippen molar-refractivity contribution >= 4 is 11.0 Å². The van der Waals surface area contributed by atoms with Gasteiger partial charge in [0.25, 0.3) is 0 Å². The minimum atomic E-state index is 0.793. The number of benzene rings is 1. The molecule has 0 bridgehead atoms. The summed E-state index contributed by atoms with van der Waals surface area (Å²) in [5, 5.41) is 4.48. The summed E-state index contributed by atoms with van der Waals surface area (Å²) in [6.07, 6.45) is 5.63. The summed E-state index contributed by atoms with van der Waals surface area (Å²) >= 11 is 0. The SMILES string of the molecule is CNCc1oc2ccccc2c1CN(C)CC1CCCC1. The van der Waals surface area contributed by atoms with Crippen molar-refractivity contribution in [1.82, 2.24) is 10.2 Å². The van der Waals surface area contributed by atoms with Crippen LogP contribution in [0.25, 0.3) is 11.0 Å². The third-order valence-electron chi connectivity index (χ3n) is 4.59. The van der Waals surface area contributed by atoms with Gasteiger partial charge in [-0.15, -0.1) is 0 Å². The van der Waals surface area contributed by atoms with Crippen molar-refractivity contribution in [1.29, 1.82) is 0 Å². The van der Waals surface area contributed by atoms with Crippen LogP contribution in [0, 0.1) is 5.92 Å². The van der Waals surface area contributed by atoms with E-state index < -0.39 is 0 Å². The molecule has 0 amide bonds. The number of furan rings is 1. The highest BCUT2D eigenvalue weighted by molar-refractivity contribution is 5.82. The van der Waals surface area contributed by atoms with Crippen molar-refractivity contribution in [3.8, 4) is 0 Å². The van der Waals surface area contributed by atoms with Gasteiger partial charge in [0.2, 0.25) is 0 Å². The van der Waals surface area contributed by atoms with Crippen LogP contribution in [-0.2, 0) is 13.1 Å². The van der Waals surface area contributed by atoms with Crippen molar-refractivity contribution in [3.05, 3.63) is 35.6 Å². The molecule has 3 nitrogen and oxygen atoms in total. The van der Waals surface area contributed by atoms with E-state index in [0.29, 0.717) is 0 Å². The lowest BCUT2D eigenvalue weighted by Gasteiger charge is -2.20. The molecule has 1 saturated carbocycles. The number of hydrogen-bond acceptors (Lipinski definition) is 3. The zero-order valence-electron chi connectivity index (χ0n) is 13.2. The number of nitrogens with zero attached hydrogens (tertiary/aromatic N) is 1. The van der Waals surface area contributed by atoms with Gasteiger partial charge in [0.05, 0.1) is 6.54 Å². The molecule has 0 unspecified atom stereocenters. The Labute approximate surface area is 127 Å². The zero-order valence-corrected chi connectivity index (χ0v) is 13.2. The van der Waals surface area contributed by atoms with Crippen molar-refractivity contribution in [2.24, 2.45) is 5.92 Å². The first-order valence-electron chi connectivity index (χ1n) is 8.10. The van der Waals surface area contributed by atoms with Gasteiger partial charge >= 0.3 is 0 Å². The van der Waals surface area contributed by atoms with E-state index in [1.165, 1.54) is 43.2 Å². The van der Waals surface area contributed by atoms with Gasteiger partial charge in [-0.25, -0.2) is 0 Å². The fourth-order valence-corrected chi connectivity index (χ4v) is 3.59. The quantitative estimate of drug-likeness (QED) is 0.876. The third-order valence-corrected chi connectivity index (χ3v) is 4.59. The van der Waals surface area contributed by atoms with E-state index in [2.05, 4.69) is 35.5 Å². The highest BCUT2D eigenvalue weighted by Crippen LogP contribution is 2.29. The summed E-state index contributed by atoms with van der Waals surface area (Å²) in [6, 6.07) is 8.38. The lowest BCUT2D eigenvalue weighted by molar-refractivity contribution is 0.269. The third kappa shape index (κ3) is 3.30. The van der Waals surface area contributed by atoms with Crippen LogP contribution < -0.4 is 5.32 Å². The Morgan fingerprint density at radius 1 is 1.24 bits per heavy atom. The summed E-state index contributed by atoms with van der Waals surface area (Å²) in [7, 11) is 4.21. The number of hydrogen-bond donors (Lipinski definition) is 1. The van der Waals surface area contributed by atoms with E-state index in [0.717, 1.165) is 30.4 Å². The number of para-hydroxylation sites is 1. The molecule has 0 aliphatic heterocycles. The van der Waals surface area contributed by atoms with Crippen molar-refractivity contribution in [3.63, 3.8) is 0 Å². The van der Waals surface area contributed by atoms with Crippen molar-refractivity contribution in [2.75, 3.05) is 20.6 Å². The molecule has 114 valence electrons. The van der Waals surface area contributed by atoms with Gasteiger partial charge in [-0.1, -0.05) is 31.0 Å². The Kier molecular flexibility index (Phi) is 4.61. The standard InChI is InChI=1S/C18H26N2O/c1-19-11-18-16(15-9-5-6-10-17(15)21-18)13-20(2)12-14-7-3-4-8-14/h5-6,9-10,14,19H,3-4,7-8,11-13H2,1-2H3. The topological polar surface area (TPSA) is 28.4 Å². The van der Waals surface area contributed by atoms with Gasteiger partial charge in [0.1, 0.15) is 11.3 Å². The number of rotatable bonds is 6. The Hall–Kier alpha value is -1.32. The second-order valence-corrected chi connectivity index (χ2v) is 6.38. The second kappa shape index (κ2) is 6.63. The molecule has 1 N–H and O–H groups in total.